The van der Waals surface area contributed by atoms with Crippen LogP contribution in [0.5, 0.6) is 0 Å². The van der Waals surface area contributed by atoms with Crippen LogP contribution in [0.4, 0.5) is 0 Å². The molecule has 1 aliphatic carbocycles. The quantitative estimate of drug-likeness (QED) is 0.826. The van der Waals surface area contributed by atoms with Crippen molar-refractivity contribution in [3.8, 4) is 0 Å². The highest BCUT2D eigenvalue weighted by atomic mass is 32.1. The first kappa shape index (κ1) is 18.9. The third kappa shape index (κ3) is 5.03. The third-order valence-corrected chi connectivity index (χ3v) is 5.53. The van der Waals surface area contributed by atoms with E-state index in [1.54, 1.807) is 11.3 Å². The summed E-state index contributed by atoms with van der Waals surface area (Å²) in [4.78, 5) is 28.7. The summed E-state index contributed by atoms with van der Waals surface area (Å²) in [6, 6.07) is -0.603. The predicted octanol–water partition coefficient (Wildman–Crippen LogP) is 3.31. The lowest BCUT2D eigenvalue weighted by Gasteiger charge is -2.29. The van der Waals surface area contributed by atoms with E-state index in [-0.39, 0.29) is 23.3 Å². The van der Waals surface area contributed by atoms with Crippen molar-refractivity contribution in [2.24, 2.45) is 5.92 Å². The molecule has 5 nitrogen and oxygen atoms in total. The number of thiazole rings is 1. The van der Waals surface area contributed by atoms with E-state index in [1.165, 1.54) is 13.3 Å². The summed E-state index contributed by atoms with van der Waals surface area (Å²) in [6.07, 6.45) is 4.26. The number of aromatic nitrogens is 1. The Morgan fingerprint density at radius 1 is 1.33 bits per heavy atom. The normalized spacial score (nSPS) is 17.7. The number of nitrogens with one attached hydrogen (secondary N) is 2. The Balaban J connectivity index is 1.99. The van der Waals surface area contributed by atoms with Crippen molar-refractivity contribution in [2.45, 2.75) is 77.8 Å². The highest BCUT2D eigenvalue weighted by Crippen LogP contribution is 2.31. The van der Waals surface area contributed by atoms with Gasteiger partial charge in [0, 0.05) is 17.7 Å². The Labute approximate surface area is 148 Å². The fourth-order valence-electron chi connectivity index (χ4n) is 2.75. The van der Waals surface area contributed by atoms with Crippen molar-refractivity contribution < 1.29 is 9.59 Å². The smallest absolute Gasteiger partial charge is 0.243 e. The molecular formula is C18H29N3O2S. The van der Waals surface area contributed by atoms with E-state index in [4.69, 9.17) is 0 Å². The van der Waals surface area contributed by atoms with E-state index in [0.717, 1.165) is 30.0 Å². The maximum absolute atomic E-state index is 12.6. The van der Waals surface area contributed by atoms with Crippen LogP contribution in [0.2, 0.25) is 0 Å². The van der Waals surface area contributed by atoms with Crippen LogP contribution >= 0.6 is 11.3 Å². The summed E-state index contributed by atoms with van der Waals surface area (Å²) in [5.41, 5.74) is 1.04. The molecule has 2 rings (SSSR count). The predicted molar refractivity (Wildman–Crippen MR) is 96.9 cm³/mol. The molecule has 1 heterocycles. The highest BCUT2D eigenvalue weighted by molar-refractivity contribution is 7.09. The Kier molecular flexibility index (Phi) is 6.01. The molecule has 0 aliphatic heterocycles. The van der Waals surface area contributed by atoms with Gasteiger partial charge in [-0.05, 0) is 19.3 Å². The molecule has 0 saturated heterocycles. The van der Waals surface area contributed by atoms with Crippen LogP contribution < -0.4 is 10.6 Å². The summed E-state index contributed by atoms with van der Waals surface area (Å²) >= 11 is 1.57. The molecule has 0 bridgehead atoms. The summed E-state index contributed by atoms with van der Waals surface area (Å²) in [7, 11) is 0. The molecule has 134 valence electrons. The van der Waals surface area contributed by atoms with Gasteiger partial charge in [-0.25, -0.2) is 4.98 Å². The zero-order valence-electron chi connectivity index (χ0n) is 15.3. The van der Waals surface area contributed by atoms with Crippen molar-refractivity contribution in [1.29, 1.82) is 0 Å². The van der Waals surface area contributed by atoms with Crippen molar-refractivity contribution in [1.82, 2.24) is 15.6 Å². The van der Waals surface area contributed by atoms with Crippen molar-refractivity contribution in [3.05, 3.63) is 16.1 Å². The highest BCUT2D eigenvalue weighted by Gasteiger charge is 2.28. The minimum Gasteiger partial charge on any atom is -0.345 e. The van der Waals surface area contributed by atoms with Gasteiger partial charge < -0.3 is 10.6 Å². The van der Waals surface area contributed by atoms with Crippen LogP contribution in [-0.2, 0) is 15.0 Å². The summed E-state index contributed by atoms with van der Waals surface area (Å²) in [6.45, 7) is 9.78. The minimum atomic E-state index is -0.447. The number of nitrogens with zero attached hydrogens (tertiary/aromatic N) is 1. The minimum absolute atomic E-state index is 0.00141. The fraction of sp³-hybridized carbons (Fsp3) is 0.722. The average molecular weight is 352 g/mol. The molecule has 1 saturated carbocycles. The molecule has 1 fully saturated rings. The van der Waals surface area contributed by atoms with E-state index in [9.17, 15) is 9.59 Å². The van der Waals surface area contributed by atoms with Gasteiger partial charge in [-0.15, -0.1) is 11.3 Å². The van der Waals surface area contributed by atoms with Crippen LogP contribution in [0.3, 0.4) is 0 Å². The number of carbonyl (C=O) groups excluding carboxylic acids is 2. The lowest BCUT2D eigenvalue weighted by atomic mass is 9.80. The number of amides is 2. The molecule has 1 aromatic heterocycles. The molecule has 1 unspecified atom stereocenters. The topological polar surface area (TPSA) is 71.1 Å². The number of hydrogen-bond donors (Lipinski definition) is 2. The molecule has 2 atom stereocenters. The maximum Gasteiger partial charge on any atom is 0.243 e. The molecule has 0 spiro atoms. The first-order valence-electron chi connectivity index (χ1n) is 8.70. The third-order valence-electron chi connectivity index (χ3n) is 4.51. The Morgan fingerprint density at radius 3 is 2.46 bits per heavy atom. The van der Waals surface area contributed by atoms with Gasteiger partial charge in [-0.1, -0.05) is 40.0 Å². The molecule has 6 heteroatoms. The van der Waals surface area contributed by atoms with Gasteiger partial charge >= 0.3 is 0 Å². The zero-order chi connectivity index (χ0) is 17.9. The molecule has 0 radical (unpaired) electrons. The summed E-state index contributed by atoms with van der Waals surface area (Å²) < 4.78 is 0. The van der Waals surface area contributed by atoms with Gasteiger partial charge in [0.25, 0.3) is 0 Å². The molecule has 2 N–H and O–H groups in total. The molecular weight excluding hydrogens is 322 g/mol. The average Bonchev–Trinajstić information content (AvgIpc) is 2.90. The Hall–Kier alpha value is -1.43. The van der Waals surface area contributed by atoms with Crippen molar-refractivity contribution >= 4 is 23.2 Å². The van der Waals surface area contributed by atoms with Crippen LogP contribution in [0.25, 0.3) is 0 Å². The maximum atomic E-state index is 12.6. The lowest BCUT2D eigenvalue weighted by molar-refractivity contribution is -0.129. The molecule has 1 aromatic rings. The fourth-order valence-corrected chi connectivity index (χ4v) is 3.80. The SMILES string of the molecule is CC(=O)N[C@H](CC1CCC1)C(=O)NC(C)c1nc(C(C)(C)C)cs1. The Morgan fingerprint density at radius 2 is 2.00 bits per heavy atom. The van der Waals surface area contributed by atoms with Gasteiger partial charge in [0.15, 0.2) is 0 Å². The first-order valence-corrected chi connectivity index (χ1v) is 9.58. The second-order valence-corrected chi connectivity index (χ2v) is 8.73. The molecule has 2 amide bonds. The number of carbonyl (C=O) groups is 2. The van der Waals surface area contributed by atoms with E-state index < -0.39 is 6.04 Å². The van der Waals surface area contributed by atoms with E-state index in [0.29, 0.717) is 5.92 Å². The zero-order valence-corrected chi connectivity index (χ0v) is 16.1. The summed E-state index contributed by atoms with van der Waals surface area (Å²) in [5.74, 6) is 0.277. The van der Waals surface area contributed by atoms with Crippen LogP contribution in [0, 0.1) is 5.92 Å². The van der Waals surface area contributed by atoms with Gasteiger partial charge in [0.1, 0.15) is 11.0 Å². The first-order chi connectivity index (χ1) is 11.2. The standard InChI is InChI=1S/C18H29N3O2S/c1-11(17-21-15(10-24-17)18(3,4)5)19-16(23)14(20-12(2)22)9-13-7-6-8-13/h10-11,13-14H,6-9H2,1-5H3,(H,19,23)(H,20,22)/t11?,14-/m1/s1. The second kappa shape index (κ2) is 7.64. The van der Waals surface area contributed by atoms with Gasteiger partial charge in [0.05, 0.1) is 11.7 Å². The molecule has 24 heavy (non-hydrogen) atoms. The second-order valence-electron chi connectivity index (χ2n) is 7.84. The number of hydrogen-bond acceptors (Lipinski definition) is 4. The summed E-state index contributed by atoms with van der Waals surface area (Å²) in [5, 5.41) is 8.77. The van der Waals surface area contributed by atoms with Crippen LogP contribution in [-0.4, -0.2) is 22.8 Å². The number of rotatable bonds is 6. The largest absolute Gasteiger partial charge is 0.345 e. The van der Waals surface area contributed by atoms with E-state index in [1.807, 2.05) is 6.92 Å². The molecule has 0 aromatic carbocycles. The molecule has 1 aliphatic rings. The van der Waals surface area contributed by atoms with Crippen molar-refractivity contribution in [3.63, 3.8) is 0 Å². The Bertz CT molecular complexity index is 587. The van der Waals surface area contributed by atoms with Crippen LogP contribution in [0.1, 0.15) is 77.0 Å². The lowest BCUT2D eigenvalue weighted by Crippen LogP contribution is -2.48. The van der Waals surface area contributed by atoms with Gasteiger partial charge in [-0.3, -0.25) is 9.59 Å². The van der Waals surface area contributed by atoms with Crippen LogP contribution in [0.15, 0.2) is 5.38 Å². The van der Waals surface area contributed by atoms with E-state index in [2.05, 4.69) is 41.8 Å². The van der Waals surface area contributed by atoms with E-state index >= 15 is 0 Å². The van der Waals surface area contributed by atoms with Gasteiger partial charge in [0.2, 0.25) is 11.8 Å². The van der Waals surface area contributed by atoms with Crippen molar-refractivity contribution in [2.75, 3.05) is 0 Å². The monoisotopic (exact) mass is 351 g/mol. The van der Waals surface area contributed by atoms with Gasteiger partial charge in [-0.2, -0.15) is 0 Å².